The molecule has 0 atom stereocenters. The average molecular weight is 385 g/mol. The summed E-state index contributed by atoms with van der Waals surface area (Å²) in [5, 5.41) is 2.88. The van der Waals surface area contributed by atoms with E-state index >= 15 is 0 Å². The molecule has 6 heteroatoms. The third-order valence-corrected chi connectivity index (χ3v) is 5.77. The van der Waals surface area contributed by atoms with Gasteiger partial charge in [0, 0.05) is 22.3 Å². The van der Waals surface area contributed by atoms with Crippen molar-refractivity contribution in [2.75, 3.05) is 38.5 Å². The number of benzene rings is 2. The van der Waals surface area contributed by atoms with Gasteiger partial charge in [-0.15, -0.1) is 0 Å². The maximum atomic E-state index is 12.8. The van der Waals surface area contributed by atoms with Crippen LogP contribution >= 0.6 is 11.8 Å². The lowest BCUT2D eigenvalue weighted by molar-refractivity contribution is -0.883. The van der Waals surface area contributed by atoms with Gasteiger partial charge < -0.3 is 15.1 Å². The van der Waals surface area contributed by atoms with Crippen molar-refractivity contribution >= 4 is 29.3 Å². The van der Waals surface area contributed by atoms with Gasteiger partial charge in [0.25, 0.3) is 5.91 Å². The number of carbonyl (C=O) groups excluding carboxylic acids is 2. The number of amides is 2. The Labute approximate surface area is 164 Å². The lowest BCUT2D eigenvalue weighted by Crippen LogP contribution is -3.12. The number of carbonyl (C=O) groups is 2. The number of rotatable bonds is 4. The maximum Gasteiger partial charge on any atom is 0.254 e. The van der Waals surface area contributed by atoms with E-state index in [2.05, 4.69) is 43.6 Å². The van der Waals surface area contributed by atoms with Crippen LogP contribution in [0.4, 0.5) is 5.69 Å². The number of nitrogens with zero attached hydrogens (tertiary/aromatic N) is 1. The van der Waals surface area contributed by atoms with Crippen LogP contribution in [0.2, 0.25) is 0 Å². The molecular weight excluding hydrogens is 358 g/mol. The number of quaternary nitrogens is 1. The largest absolute Gasteiger partial charge is 0.334 e. The highest BCUT2D eigenvalue weighted by molar-refractivity contribution is 7.99. The van der Waals surface area contributed by atoms with Gasteiger partial charge in [0.1, 0.15) is 0 Å². The van der Waals surface area contributed by atoms with E-state index in [4.69, 9.17) is 0 Å². The molecule has 0 unspecified atom stereocenters. The molecule has 2 aromatic carbocycles. The molecule has 0 bridgehead atoms. The van der Waals surface area contributed by atoms with Gasteiger partial charge in [0.2, 0.25) is 5.91 Å². The van der Waals surface area contributed by atoms with Crippen LogP contribution in [0, 0.1) is 6.92 Å². The van der Waals surface area contributed by atoms with Crippen molar-refractivity contribution in [3.05, 3.63) is 53.6 Å². The van der Waals surface area contributed by atoms with Crippen LogP contribution in [0.1, 0.15) is 22.8 Å². The van der Waals surface area contributed by atoms with Crippen molar-refractivity contribution in [3.8, 4) is 0 Å². The van der Waals surface area contributed by atoms with E-state index in [1.807, 2.05) is 17.0 Å². The van der Waals surface area contributed by atoms with Crippen LogP contribution in [0.3, 0.4) is 0 Å². The van der Waals surface area contributed by atoms with Gasteiger partial charge >= 0.3 is 0 Å². The molecule has 27 heavy (non-hydrogen) atoms. The Morgan fingerprint density at radius 1 is 1.07 bits per heavy atom. The first-order chi connectivity index (χ1) is 12.9. The zero-order chi connectivity index (χ0) is 19.4. The van der Waals surface area contributed by atoms with Crippen molar-refractivity contribution in [1.82, 2.24) is 4.90 Å². The third kappa shape index (κ3) is 5.11. The molecule has 3 rings (SSSR count). The second-order valence-electron chi connectivity index (χ2n) is 7.06. The van der Waals surface area contributed by atoms with Gasteiger partial charge in [-0.05, 0) is 37.3 Å². The van der Waals surface area contributed by atoms with E-state index in [-0.39, 0.29) is 11.8 Å². The topological polar surface area (TPSA) is 53.9 Å². The molecule has 2 N–H and O–H groups in total. The SMILES string of the molecule is CC(=O)Nc1cc(C(=O)N2CC[NH+](C)CC2)ccc1Sc1ccc(C)cc1. The van der Waals surface area contributed by atoms with Gasteiger partial charge in [-0.2, -0.15) is 0 Å². The van der Waals surface area contributed by atoms with E-state index < -0.39 is 0 Å². The summed E-state index contributed by atoms with van der Waals surface area (Å²) < 4.78 is 0. The van der Waals surface area contributed by atoms with Crippen molar-refractivity contribution in [2.24, 2.45) is 0 Å². The summed E-state index contributed by atoms with van der Waals surface area (Å²) in [6, 6.07) is 13.8. The third-order valence-electron chi connectivity index (χ3n) is 4.69. The molecule has 1 heterocycles. The van der Waals surface area contributed by atoms with E-state index in [0.29, 0.717) is 11.3 Å². The molecule has 2 aromatic rings. The number of aryl methyl sites for hydroxylation is 1. The Kier molecular flexibility index (Phi) is 6.19. The Morgan fingerprint density at radius 2 is 1.74 bits per heavy atom. The highest BCUT2D eigenvalue weighted by atomic mass is 32.2. The minimum Gasteiger partial charge on any atom is -0.334 e. The van der Waals surface area contributed by atoms with Gasteiger partial charge in [-0.3, -0.25) is 9.59 Å². The molecule has 5 nitrogen and oxygen atoms in total. The smallest absolute Gasteiger partial charge is 0.254 e. The highest BCUT2D eigenvalue weighted by Gasteiger charge is 2.23. The quantitative estimate of drug-likeness (QED) is 0.849. The predicted molar refractivity (Wildman–Crippen MR) is 109 cm³/mol. The Morgan fingerprint density at radius 3 is 2.37 bits per heavy atom. The molecule has 2 amide bonds. The summed E-state index contributed by atoms with van der Waals surface area (Å²) in [5.74, 6) is -0.116. The van der Waals surface area contributed by atoms with Crippen LogP contribution < -0.4 is 10.2 Å². The van der Waals surface area contributed by atoms with Gasteiger partial charge in [0.05, 0.1) is 38.9 Å². The first-order valence-corrected chi connectivity index (χ1v) is 10.0. The van der Waals surface area contributed by atoms with Crippen molar-refractivity contribution in [1.29, 1.82) is 0 Å². The fourth-order valence-corrected chi connectivity index (χ4v) is 3.93. The molecule has 0 aliphatic carbocycles. The summed E-state index contributed by atoms with van der Waals surface area (Å²) in [5.41, 5.74) is 2.50. The molecule has 1 aliphatic heterocycles. The molecule has 1 saturated heterocycles. The molecule has 0 saturated carbocycles. The molecule has 142 valence electrons. The van der Waals surface area contributed by atoms with Crippen molar-refractivity contribution in [2.45, 2.75) is 23.6 Å². The van der Waals surface area contributed by atoms with Gasteiger partial charge in [-0.25, -0.2) is 0 Å². The minimum absolute atomic E-state index is 0.0287. The normalized spacial score (nSPS) is 14.9. The standard InChI is InChI=1S/C21H25N3O2S/c1-15-4-7-18(8-5-15)27-20-9-6-17(14-19(20)22-16(2)25)21(26)24-12-10-23(3)11-13-24/h4-9,14H,10-13H2,1-3H3,(H,22,25)/p+1. The Hall–Kier alpha value is -2.31. The van der Waals surface area contributed by atoms with E-state index in [1.165, 1.54) is 17.4 Å². The number of piperazine rings is 1. The first kappa shape index (κ1) is 19.5. The van der Waals surface area contributed by atoms with Crippen LogP contribution in [0.25, 0.3) is 0 Å². The molecule has 0 aromatic heterocycles. The molecule has 1 aliphatic rings. The van der Waals surface area contributed by atoms with Crippen LogP contribution in [-0.4, -0.2) is 49.9 Å². The van der Waals surface area contributed by atoms with E-state index in [0.717, 1.165) is 36.0 Å². The monoisotopic (exact) mass is 384 g/mol. The van der Waals surface area contributed by atoms with Crippen LogP contribution in [-0.2, 0) is 4.79 Å². The number of hydrogen-bond donors (Lipinski definition) is 2. The van der Waals surface area contributed by atoms with E-state index in [9.17, 15) is 9.59 Å². The minimum atomic E-state index is -0.145. The van der Waals surface area contributed by atoms with Crippen molar-refractivity contribution in [3.63, 3.8) is 0 Å². The average Bonchev–Trinajstić information content (AvgIpc) is 2.64. The Balaban J connectivity index is 1.83. The fourth-order valence-electron chi connectivity index (χ4n) is 3.05. The fraction of sp³-hybridized carbons (Fsp3) is 0.333. The lowest BCUT2D eigenvalue weighted by atomic mass is 10.1. The number of anilines is 1. The zero-order valence-corrected chi connectivity index (χ0v) is 16.9. The number of hydrogen-bond acceptors (Lipinski definition) is 3. The lowest BCUT2D eigenvalue weighted by Gasteiger charge is -2.30. The molecule has 1 fully saturated rings. The van der Waals surface area contributed by atoms with Gasteiger partial charge in [0.15, 0.2) is 0 Å². The second kappa shape index (κ2) is 8.59. The van der Waals surface area contributed by atoms with Crippen LogP contribution in [0.5, 0.6) is 0 Å². The van der Waals surface area contributed by atoms with Gasteiger partial charge in [-0.1, -0.05) is 29.5 Å². The second-order valence-corrected chi connectivity index (χ2v) is 8.17. The highest BCUT2D eigenvalue weighted by Crippen LogP contribution is 2.34. The first-order valence-electron chi connectivity index (χ1n) is 9.19. The summed E-state index contributed by atoms with van der Waals surface area (Å²) >= 11 is 1.58. The zero-order valence-electron chi connectivity index (χ0n) is 16.0. The summed E-state index contributed by atoms with van der Waals surface area (Å²) in [4.78, 5) is 29.9. The molecular formula is C21H26N3O2S+. The van der Waals surface area contributed by atoms with Crippen LogP contribution in [0.15, 0.2) is 52.3 Å². The number of nitrogens with one attached hydrogen (secondary N) is 2. The predicted octanol–water partition coefficient (Wildman–Crippen LogP) is 2.08. The Bertz CT molecular complexity index is 828. The van der Waals surface area contributed by atoms with E-state index in [1.54, 1.807) is 17.8 Å². The number of likely N-dealkylation sites (N-methyl/N-ethyl adjacent to an activating group) is 1. The molecule has 0 radical (unpaired) electrons. The molecule has 0 spiro atoms. The van der Waals surface area contributed by atoms with Crippen molar-refractivity contribution < 1.29 is 14.5 Å². The summed E-state index contributed by atoms with van der Waals surface area (Å²) in [6.07, 6.45) is 0. The summed E-state index contributed by atoms with van der Waals surface area (Å²) in [7, 11) is 2.15. The summed E-state index contributed by atoms with van der Waals surface area (Å²) in [6.45, 7) is 6.99. The maximum absolute atomic E-state index is 12.8.